The number of nitrogens with one attached hydrogen (secondary N) is 1. The summed E-state index contributed by atoms with van der Waals surface area (Å²) in [6.07, 6.45) is 8.07. The molecule has 1 aromatic heterocycles. The van der Waals surface area contributed by atoms with E-state index in [1.54, 1.807) is 7.11 Å². The zero-order chi connectivity index (χ0) is 31.6. The molecule has 3 N–H and O–H groups in total. The second-order valence-electron chi connectivity index (χ2n) is 12.2. The number of fused-ring (bicyclic) bond motifs is 1. The summed E-state index contributed by atoms with van der Waals surface area (Å²) in [6.45, 7) is 2.42. The predicted octanol–water partition coefficient (Wildman–Crippen LogP) is 6.42. The summed E-state index contributed by atoms with van der Waals surface area (Å²) in [7, 11) is 5.86. The van der Waals surface area contributed by atoms with Crippen LogP contribution < -0.4 is 15.8 Å². The Kier molecular flexibility index (Phi) is 11.0. The van der Waals surface area contributed by atoms with Gasteiger partial charge in [0.05, 0.1) is 18.7 Å². The topological polar surface area (TPSA) is 96.1 Å². The van der Waals surface area contributed by atoms with E-state index in [-0.39, 0.29) is 18.2 Å². The van der Waals surface area contributed by atoms with Crippen LogP contribution in [0.4, 0.5) is 5.69 Å². The SMILES string of the molecule is COc1ccc(C(CC(N)=O)c2ccc(NC(=NC3CCCCC3)N(CCN(C)C)Cc3ccnc4ccccc34)cc2)cc1. The lowest BCUT2D eigenvalue weighted by Crippen LogP contribution is -2.41. The molecule has 1 aliphatic carbocycles. The van der Waals surface area contributed by atoms with Crippen molar-refractivity contribution in [2.24, 2.45) is 10.7 Å². The van der Waals surface area contributed by atoms with Crippen LogP contribution in [-0.4, -0.2) is 67.0 Å². The second-order valence-corrected chi connectivity index (χ2v) is 12.2. The van der Waals surface area contributed by atoms with Gasteiger partial charge in [-0.1, -0.05) is 61.7 Å². The minimum absolute atomic E-state index is 0.144. The molecule has 0 spiro atoms. The number of benzene rings is 3. The molecule has 1 heterocycles. The van der Waals surface area contributed by atoms with Crippen LogP contribution in [0.25, 0.3) is 10.9 Å². The van der Waals surface area contributed by atoms with Crippen molar-refractivity contribution in [3.05, 3.63) is 102 Å². The fourth-order valence-corrected chi connectivity index (χ4v) is 6.05. The van der Waals surface area contributed by atoms with Gasteiger partial charge in [-0.25, -0.2) is 4.99 Å². The number of likely N-dealkylation sites (N-methyl/N-ethyl adjacent to an activating group) is 1. The number of hydrogen-bond donors (Lipinski definition) is 2. The summed E-state index contributed by atoms with van der Waals surface area (Å²) in [5.41, 5.74) is 10.9. The first-order valence-electron chi connectivity index (χ1n) is 16.0. The number of aromatic nitrogens is 1. The van der Waals surface area contributed by atoms with Crippen molar-refractivity contribution in [2.75, 3.05) is 39.6 Å². The molecule has 5 rings (SSSR count). The molecule has 1 saturated carbocycles. The highest BCUT2D eigenvalue weighted by Crippen LogP contribution is 2.30. The number of anilines is 1. The number of carbonyl (C=O) groups excluding carboxylic acids is 1. The van der Waals surface area contributed by atoms with Crippen molar-refractivity contribution in [1.29, 1.82) is 0 Å². The molecule has 3 aromatic carbocycles. The molecule has 1 amide bonds. The Bertz CT molecular complexity index is 1560. The van der Waals surface area contributed by atoms with Gasteiger partial charge in [-0.2, -0.15) is 0 Å². The van der Waals surface area contributed by atoms with E-state index in [0.29, 0.717) is 12.6 Å². The summed E-state index contributed by atoms with van der Waals surface area (Å²) in [4.78, 5) is 26.6. The third-order valence-electron chi connectivity index (χ3n) is 8.59. The number of nitrogens with zero attached hydrogens (tertiary/aromatic N) is 4. The lowest BCUT2D eigenvalue weighted by Gasteiger charge is -2.30. The van der Waals surface area contributed by atoms with Crippen LogP contribution in [0.2, 0.25) is 0 Å². The molecular formula is C37H46N6O2. The van der Waals surface area contributed by atoms with Gasteiger partial charge in [0.1, 0.15) is 5.75 Å². The van der Waals surface area contributed by atoms with Crippen LogP contribution in [0, 0.1) is 0 Å². The quantitative estimate of drug-likeness (QED) is 0.143. The van der Waals surface area contributed by atoms with Gasteiger partial charge in [0.25, 0.3) is 0 Å². The second kappa shape index (κ2) is 15.5. The number of methoxy groups -OCH3 is 1. The van der Waals surface area contributed by atoms with Crippen LogP contribution in [0.3, 0.4) is 0 Å². The van der Waals surface area contributed by atoms with Crippen molar-refractivity contribution >= 4 is 28.5 Å². The van der Waals surface area contributed by atoms with Crippen molar-refractivity contribution in [2.45, 2.75) is 57.0 Å². The van der Waals surface area contributed by atoms with E-state index >= 15 is 0 Å². The first-order valence-corrected chi connectivity index (χ1v) is 16.0. The van der Waals surface area contributed by atoms with Crippen LogP contribution in [0.15, 0.2) is 90.1 Å². The largest absolute Gasteiger partial charge is 0.497 e. The number of pyridine rings is 1. The molecule has 45 heavy (non-hydrogen) atoms. The molecule has 236 valence electrons. The predicted molar refractivity (Wildman–Crippen MR) is 184 cm³/mol. The van der Waals surface area contributed by atoms with Gasteiger partial charge in [0, 0.05) is 49.2 Å². The van der Waals surface area contributed by atoms with E-state index in [1.165, 1.54) is 24.8 Å². The number of amides is 1. The molecule has 1 unspecified atom stereocenters. The number of primary amides is 1. The minimum atomic E-state index is -0.333. The number of hydrogen-bond acceptors (Lipinski definition) is 5. The average molecular weight is 607 g/mol. The van der Waals surface area contributed by atoms with E-state index in [2.05, 4.69) is 82.7 Å². The first kappa shape index (κ1) is 32.0. The monoisotopic (exact) mass is 606 g/mol. The van der Waals surface area contributed by atoms with Crippen LogP contribution in [0.1, 0.15) is 61.1 Å². The van der Waals surface area contributed by atoms with Crippen LogP contribution >= 0.6 is 0 Å². The van der Waals surface area contributed by atoms with E-state index < -0.39 is 0 Å². The highest BCUT2D eigenvalue weighted by molar-refractivity contribution is 5.94. The molecule has 0 bridgehead atoms. The highest BCUT2D eigenvalue weighted by atomic mass is 16.5. The fourth-order valence-electron chi connectivity index (χ4n) is 6.05. The smallest absolute Gasteiger partial charge is 0.218 e. The summed E-state index contributed by atoms with van der Waals surface area (Å²) in [6, 6.07) is 26.9. The Balaban J connectivity index is 1.45. The number of rotatable bonds is 12. The molecule has 0 aliphatic heterocycles. The molecule has 0 saturated heterocycles. The molecule has 0 radical (unpaired) electrons. The van der Waals surface area contributed by atoms with E-state index in [1.807, 2.05) is 36.5 Å². The number of carbonyl (C=O) groups is 1. The van der Waals surface area contributed by atoms with Gasteiger partial charge in [-0.3, -0.25) is 9.78 Å². The lowest BCUT2D eigenvalue weighted by atomic mass is 9.88. The number of ether oxygens (including phenoxy) is 1. The third-order valence-corrected chi connectivity index (χ3v) is 8.59. The maximum Gasteiger partial charge on any atom is 0.218 e. The van der Waals surface area contributed by atoms with Crippen molar-refractivity contribution in [3.63, 3.8) is 0 Å². The number of aliphatic imine (C=N–C) groups is 1. The zero-order valence-electron chi connectivity index (χ0n) is 26.8. The first-order chi connectivity index (χ1) is 21.9. The van der Waals surface area contributed by atoms with E-state index in [0.717, 1.165) is 65.4 Å². The lowest BCUT2D eigenvalue weighted by molar-refractivity contribution is -0.118. The van der Waals surface area contributed by atoms with Crippen LogP contribution in [0.5, 0.6) is 5.75 Å². The van der Waals surface area contributed by atoms with E-state index in [4.69, 9.17) is 15.5 Å². The summed E-state index contributed by atoms with van der Waals surface area (Å²) in [5, 5.41) is 4.88. The van der Waals surface area contributed by atoms with Crippen molar-refractivity contribution < 1.29 is 9.53 Å². The van der Waals surface area contributed by atoms with E-state index in [9.17, 15) is 4.79 Å². The molecule has 8 nitrogen and oxygen atoms in total. The van der Waals surface area contributed by atoms with Crippen molar-refractivity contribution in [3.8, 4) is 5.75 Å². The highest BCUT2D eigenvalue weighted by Gasteiger charge is 2.21. The molecule has 4 aromatic rings. The average Bonchev–Trinajstić information content (AvgIpc) is 3.06. The van der Waals surface area contributed by atoms with Gasteiger partial charge < -0.3 is 25.6 Å². The van der Waals surface area contributed by atoms with Crippen LogP contribution in [-0.2, 0) is 11.3 Å². The maximum absolute atomic E-state index is 12.1. The van der Waals surface area contributed by atoms with Crippen molar-refractivity contribution in [1.82, 2.24) is 14.8 Å². The number of guanidine groups is 1. The Labute approximate surface area is 267 Å². The zero-order valence-corrected chi connectivity index (χ0v) is 26.8. The Morgan fingerprint density at radius 3 is 2.31 bits per heavy atom. The summed E-state index contributed by atoms with van der Waals surface area (Å²) in [5.74, 6) is 1.19. The fraction of sp³-hybridized carbons (Fsp3) is 0.378. The Hall–Kier alpha value is -4.43. The van der Waals surface area contributed by atoms with Gasteiger partial charge in [0.15, 0.2) is 5.96 Å². The summed E-state index contributed by atoms with van der Waals surface area (Å²) >= 11 is 0. The third kappa shape index (κ3) is 8.82. The van der Waals surface area contributed by atoms with Gasteiger partial charge in [-0.15, -0.1) is 0 Å². The number of nitrogens with two attached hydrogens (primary N) is 1. The summed E-state index contributed by atoms with van der Waals surface area (Å²) < 4.78 is 5.33. The molecule has 1 fully saturated rings. The van der Waals surface area contributed by atoms with Gasteiger partial charge >= 0.3 is 0 Å². The number of para-hydroxylation sites is 1. The Morgan fingerprint density at radius 2 is 1.64 bits per heavy atom. The standard InChI is InChI=1S/C37H46N6O2/c1-42(2)23-24-43(26-29-21-22-39-35-12-8-7-11-33(29)35)37(40-30-9-5-4-6-10-30)41-31-17-13-27(14-18-31)34(25-36(38)44)28-15-19-32(45-3)20-16-28/h7-8,11-22,30,34H,4-6,9-10,23-26H2,1-3H3,(H2,38,44)(H,40,41). The maximum atomic E-state index is 12.1. The molecular weight excluding hydrogens is 560 g/mol. The molecule has 8 heteroatoms. The minimum Gasteiger partial charge on any atom is -0.497 e. The van der Waals surface area contributed by atoms with Gasteiger partial charge in [0.2, 0.25) is 5.91 Å². The normalized spacial score (nSPS) is 14.8. The molecule has 1 atom stereocenters. The molecule has 1 aliphatic rings. The van der Waals surface area contributed by atoms with Gasteiger partial charge in [-0.05, 0) is 80.0 Å². The Morgan fingerprint density at radius 1 is 0.956 bits per heavy atom.